The summed E-state index contributed by atoms with van der Waals surface area (Å²) in [6.07, 6.45) is 0.784. The van der Waals surface area contributed by atoms with Gasteiger partial charge in [-0.2, -0.15) is 0 Å². The van der Waals surface area contributed by atoms with Crippen LogP contribution in [0.5, 0.6) is 5.75 Å². The Morgan fingerprint density at radius 1 is 1.38 bits per heavy atom. The third-order valence-electron chi connectivity index (χ3n) is 3.68. The van der Waals surface area contributed by atoms with E-state index in [4.69, 9.17) is 9.84 Å². The lowest BCUT2D eigenvalue weighted by molar-refractivity contribution is -0.118. The van der Waals surface area contributed by atoms with Crippen molar-refractivity contribution in [1.29, 1.82) is 0 Å². The molecular weight excluding hydrogens is 270 g/mol. The van der Waals surface area contributed by atoms with Crippen molar-refractivity contribution >= 4 is 17.6 Å². The molecule has 0 bridgehead atoms. The number of hydrogen-bond donors (Lipinski definition) is 2. The van der Waals surface area contributed by atoms with Crippen molar-refractivity contribution in [3.05, 3.63) is 23.8 Å². The van der Waals surface area contributed by atoms with E-state index in [9.17, 15) is 9.59 Å². The number of benzene rings is 1. The van der Waals surface area contributed by atoms with Gasteiger partial charge < -0.3 is 15.2 Å². The molecule has 114 valence electrons. The fourth-order valence-electron chi connectivity index (χ4n) is 2.25. The molecule has 1 aromatic carbocycles. The first kappa shape index (κ1) is 15.4. The molecule has 1 aromatic rings. The lowest BCUT2D eigenvalue weighted by Gasteiger charge is -2.16. The highest BCUT2D eigenvalue weighted by atomic mass is 16.5. The Hall–Kier alpha value is -2.04. The van der Waals surface area contributed by atoms with Crippen molar-refractivity contribution in [1.82, 2.24) is 0 Å². The van der Waals surface area contributed by atoms with E-state index in [0.29, 0.717) is 11.4 Å². The summed E-state index contributed by atoms with van der Waals surface area (Å²) in [5, 5.41) is 11.9. The molecular formula is C16H21NO4. The molecule has 0 heterocycles. The van der Waals surface area contributed by atoms with Gasteiger partial charge in [-0.15, -0.1) is 0 Å². The molecule has 0 aromatic heterocycles. The van der Waals surface area contributed by atoms with Crippen molar-refractivity contribution < 1.29 is 19.4 Å². The van der Waals surface area contributed by atoms with E-state index in [1.165, 1.54) is 12.1 Å². The number of carboxylic acids is 1. The molecule has 1 aliphatic rings. The number of amides is 1. The van der Waals surface area contributed by atoms with Crippen LogP contribution in [-0.2, 0) is 4.79 Å². The number of anilines is 1. The normalized spacial score (nSPS) is 19.2. The van der Waals surface area contributed by atoms with Gasteiger partial charge in [-0.3, -0.25) is 4.79 Å². The standard InChI is InChI=1S/C16H21NO4/c1-9(2)21-13-6-5-10(15(19)20)7-12(13)17-14(18)11-8-16(11,3)4/h5-7,9,11H,8H2,1-4H3,(H,17,18)(H,19,20)/t11-/m1/s1. The number of carbonyl (C=O) groups excluding carboxylic acids is 1. The fourth-order valence-corrected chi connectivity index (χ4v) is 2.25. The van der Waals surface area contributed by atoms with E-state index in [-0.39, 0.29) is 28.9 Å². The minimum atomic E-state index is -1.03. The van der Waals surface area contributed by atoms with Gasteiger partial charge in [0, 0.05) is 5.92 Å². The third kappa shape index (κ3) is 3.54. The van der Waals surface area contributed by atoms with Crippen molar-refractivity contribution in [3.8, 4) is 5.75 Å². The summed E-state index contributed by atoms with van der Waals surface area (Å²) in [7, 11) is 0. The summed E-state index contributed by atoms with van der Waals surface area (Å²) in [5.74, 6) is -0.663. The van der Waals surface area contributed by atoms with Crippen LogP contribution in [0, 0.1) is 11.3 Å². The van der Waals surface area contributed by atoms with Gasteiger partial charge in [-0.1, -0.05) is 13.8 Å². The quantitative estimate of drug-likeness (QED) is 0.873. The minimum Gasteiger partial charge on any atom is -0.489 e. The van der Waals surface area contributed by atoms with Gasteiger partial charge in [0.1, 0.15) is 5.75 Å². The maximum absolute atomic E-state index is 12.2. The Labute approximate surface area is 124 Å². The van der Waals surface area contributed by atoms with Gasteiger partial charge in [0.15, 0.2) is 0 Å². The topological polar surface area (TPSA) is 75.6 Å². The molecule has 2 N–H and O–H groups in total. The Balaban J connectivity index is 2.23. The van der Waals surface area contributed by atoms with E-state index in [1.54, 1.807) is 6.07 Å². The first-order chi connectivity index (χ1) is 9.70. The van der Waals surface area contributed by atoms with E-state index >= 15 is 0 Å². The smallest absolute Gasteiger partial charge is 0.335 e. The molecule has 1 saturated carbocycles. The van der Waals surface area contributed by atoms with Gasteiger partial charge in [0.25, 0.3) is 0 Å². The van der Waals surface area contributed by atoms with Crippen LogP contribution in [0.1, 0.15) is 44.5 Å². The predicted octanol–water partition coefficient (Wildman–Crippen LogP) is 3.16. The SMILES string of the molecule is CC(C)Oc1ccc(C(=O)O)cc1NC(=O)[C@H]1CC1(C)C. The number of hydrogen-bond acceptors (Lipinski definition) is 3. The monoisotopic (exact) mass is 291 g/mol. The molecule has 0 saturated heterocycles. The minimum absolute atomic E-state index is 0.0214. The Bertz CT molecular complexity index is 578. The highest BCUT2D eigenvalue weighted by Gasteiger charge is 2.50. The van der Waals surface area contributed by atoms with Crippen LogP contribution in [0.25, 0.3) is 0 Å². The molecule has 0 unspecified atom stereocenters. The van der Waals surface area contributed by atoms with Gasteiger partial charge in [-0.25, -0.2) is 4.79 Å². The maximum Gasteiger partial charge on any atom is 0.335 e. The van der Waals surface area contributed by atoms with E-state index < -0.39 is 5.97 Å². The van der Waals surface area contributed by atoms with Gasteiger partial charge in [0.2, 0.25) is 5.91 Å². The lowest BCUT2D eigenvalue weighted by Crippen LogP contribution is -2.18. The molecule has 1 fully saturated rings. The second kappa shape index (κ2) is 5.39. The summed E-state index contributed by atoms with van der Waals surface area (Å²) in [4.78, 5) is 23.3. The van der Waals surface area contributed by atoms with Crippen molar-refractivity contribution in [2.24, 2.45) is 11.3 Å². The summed E-state index contributed by atoms with van der Waals surface area (Å²) in [6, 6.07) is 4.49. The predicted molar refractivity (Wildman–Crippen MR) is 79.7 cm³/mol. The lowest BCUT2D eigenvalue weighted by atomic mass is 10.1. The summed E-state index contributed by atoms with van der Waals surface area (Å²) < 4.78 is 5.63. The van der Waals surface area contributed by atoms with Gasteiger partial charge in [-0.05, 0) is 43.9 Å². The van der Waals surface area contributed by atoms with Crippen LogP contribution in [0.4, 0.5) is 5.69 Å². The van der Waals surface area contributed by atoms with Crippen LogP contribution in [-0.4, -0.2) is 23.1 Å². The van der Waals surface area contributed by atoms with Crippen molar-refractivity contribution in [2.75, 3.05) is 5.32 Å². The Morgan fingerprint density at radius 3 is 2.48 bits per heavy atom. The van der Waals surface area contributed by atoms with Crippen LogP contribution in [0.15, 0.2) is 18.2 Å². The summed E-state index contributed by atoms with van der Waals surface area (Å²) >= 11 is 0. The van der Waals surface area contributed by atoms with Crippen LogP contribution >= 0.6 is 0 Å². The van der Waals surface area contributed by atoms with Crippen molar-refractivity contribution in [2.45, 2.75) is 40.2 Å². The number of carbonyl (C=O) groups is 2. The number of aromatic carboxylic acids is 1. The van der Waals surface area contributed by atoms with E-state index in [1.807, 2.05) is 27.7 Å². The highest BCUT2D eigenvalue weighted by molar-refractivity contribution is 5.98. The molecule has 21 heavy (non-hydrogen) atoms. The zero-order valence-corrected chi connectivity index (χ0v) is 12.8. The van der Waals surface area contributed by atoms with Gasteiger partial charge >= 0.3 is 5.97 Å². The molecule has 0 aliphatic heterocycles. The van der Waals surface area contributed by atoms with Crippen molar-refractivity contribution in [3.63, 3.8) is 0 Å². The van der Waals surface area contributed by atoms with Crippen LogP contribution in [0.2, 0.25) is 0 Å². The average molecular weight is 291 g/mol. The van der Waals surface area contributed by atoms with E-state index in [2.05, 4.69) is 5.32 Å². The zero-order valence-electron chi connectivity index (χ0n) is 12.8. The van der Waals surface area contributed by atoms with Crippen LogP contribution < -0.4 is 10.1 Å². The highest BCUT2D eigenvalue weighted by Crippen LogP contribution is 2.52. The summed E-state index contributed by atoms with van der Waals surface area (Å²) in [6.45, 7) is 7.83. The Morgan fingerprint density at radius 2 is 2.00 bits per heavy atom. The third-order valence-corrected chi connectivity index (χ3v) is 3.68. The first-order valence-corrected chi connectivity index (χ1v) is 7.05. The molecule has 2 rings (SSSR count). The molecule has 1 atom stereocenters. The second-order valence-electron chi connectivity index (χ2n) is 6.42. The number of ether oxygens (including phenoxy) is 1. The molecule has 0 spiro atoms. The zero-order chi connectivity index (χ0) is 15.8. The largest absolute Gasteiger partial charge is 0.489 e. The maximum atomic E-state index is 12.2. The summed E-state index contributed by atoms with van der Waals surface area (Å²) in [5.41, 5.74) is 0.556. The Kier molecular flexibility index (Phi) is 3.94. The molecule has 5 nitrogen and oxygen atoms in total. The average Bonchev–Trinajstić information content (AvgIpc) is 3.00. The number of rotatable bonds is 5. The number of carboxylic acid groups (broad SMARTS) is 1. The fraction of sp³-hybridized carbons (Fsp3) is 0.500. The second-order valence-corrected chi connectivity index (χ2v) is 6.42. The van der Waals surface area contributed by atoms with Gasteiger partial charge in [0.05, 0.1) is 17.4 Å². The molecule has 0 radical (unpaired) electrons. The molecule has 1 aliphatic carbocycles. The number of nitrogens with one attached hydrogen (secondary N) is 1. The van der Waals surface area contributed by atoms with E-state index in [0.717, 1.165) is 6.42 Å². The molecule has 5 heteroatoms. The first-order valence-electron chi connectivity index (χ1n) is 7.05. The van der Waals surface area contributed by atoms with Crippen LogP contribution in [0.3, 0.4) is 0 Å². The molecule has 1 amide bonds.